The lowest BCUT2D eigenvalue weighted by atomic mass is 9.78. The Bertz CT molecular complexity index is 786. The van der Waals surface area contributed by atoms with Crippen molar-refractivity contribution in [3.8, 4) is 5.75 Å². The van der Waals surface area contributed by atoms with Gasteiger partial charge in [0, 0.05) is 32.0 Å². The quantitative estimate of drug-likeness (QED) is 0.740. The minimum atomic E-state index is -0.435. The number of likely N-dealkylation sites (tertiary alicyclic amines) is 1. The molecule has 0 atom stereocenters. The Labute approximate surface area is 171 Å². The third-order valence-corrected chi connectivity index (χ3v) is 6.37. The van der Waals surface area contributed by atoms with Gasteiger partial charge in [-0.15, -0.1) is 0 Å². The second-order valence-corrected chi connectivity index (χ2v) is 8.37. The molecule has 1 saturated heterocycles. The molecule has 4 rings (SSSR count). The van der Waals surface area contributed by atoms with Crippen LogP contribution in [0.1, 0.15) is 55.3 Å². The summed E-state index contributed by atoms with van der Waals surface area (Å²) in [5.41, 5.74) is 0.135. The summed E-state index contributed by atoms with van der Waals surface area (Å²) in [5, 5.41) is 6.01. The van der Waals surface area contributed by atoms with E-state index in [1.165, 1.54) is 0 Å². The average molecular weight is 399 g/mol. The van der Waals surface area contributed by atoms with Gasteiger partial charge in [-0.25, -0.2) is 0 Å². The molecule has 3 aliphatic rings. The molecule has 7 heteroatoms. The van der Waals surface area contributed by atoms with Gasteiger partial charge in [-0.1, -0.05) is 12.1 Å². The molecule has 2 heterocycles. The lowest BCUT2D eigenvalue weighted by Crippen LogP contribution is -2.49. The molecular formula is C22H29N3O4. The van der Waals surface area contributed by atoms with Gasteiger partial charge in [0.25, 0.3) is 5.91 Å². The highest BCUT2D eigenvalue weighted by Gasteiger charge is 2.41. The van der Waals surface area contributed by atoms with Crippen molar-refractivity contribution in [3.05, 3.63) is 29.8 Å². The molecule has 29 heavy (non-hydrogen) atoms. The van der Waals surface area contributed by atoms with Gasteiger partial charge in [-0.2, -0.15) is 0 Å². The highest BCUT2D eigenvalue weighted by atomic mass is 16.5. The van der Waals surface area contributed by atoms with E-state index in [2.05, 4.69) is 10.6 Å². The van der Waals surface area contributed by atoms with Crippen LogP contribution >= 0.6 is 0 Å². The molecule has 0 unspecified atom stereocenters. The fourth-order valence-electron chi connectivity index (χ4n) is 4.60. The van der Waals surface area contributed by atoms with E-state index in [0.717, 1.165) is 51.6 Å². The van der Waals surface area contributed by atoms with Crippen molar-refractivity contribution >= 4 is 17.7 Å². The Morgan fingerprint density at radius 1 is 1.24 bits per heavy atom. The van der Waals surface area contributed by atoms with Crippen molar-refractivity contribution in [3.63, 3.8) is 0 Å². The van der Waals surface area contributed by atoms with Crippen LogP contribution in [0.15, 0.2) is 24.3 Å². The minimum absolute atomic E-state index is 0.0214. The molecule has 0 bridgehead atoms. The molecule has 7 nitrogen and oxygen atoms in total. The van der Waals surface area contributed by atoms with E-state index in [1.54, 1.807) is 6.07 Å². The predicted molar refractivity (Wildman–Crippen MR) is 108 cm³/mol. The molecule has 1 aliphatic carbocycles. The number of ether oxygens (including phenoxy) is 1. The number of carbonyl (C=O) groups excluding carboxylic acids is 3. The first-order valence-electron chi connectivity index (χ1n) is 10.7. The van der Waals surface area contributed by atoms with E-state index < -0.39 is 5.60 Å². The first-order valence-corrected chi connectivity index (χ1v) is 10.7. The SMILES string of the molecule is O=C1NCC2(CCC(C(=O)NCCCN3CCCC3=O)CC2)Oc2ccccc21. The Hall–Kier alpha value is -2.57. The summed E-state index contributed by atoms with van der Waals surface area (Å²) in [6, 6.07) is 7.32. The van der Waals surface area contributed by atoms with E-state index in [4.69, 9.17) is 4.74 Å². The normalized spacial score (nSPS) is 26.5. The first kappa shape index (κ1) is 19.7. The lowest BCUT2D eigenvalue weighted by molar-refractivity contribution is -0.127. The Balaban J connectivity index is 1.25. The molecule has 2 N–H and O–H groups in total. The maximum Gasteiger partial charge on any atom is 0.255 e. The predicted octanol–water partition coefficient (Wildman–Crippen LogP) is 1.87. The first-order chi connectivity index (χ1) is 14.1. The number of nitrogens with zero attached hydrogens (tertiary/aromatic N) is 1. The van der Waals surface area contributed by atoms with Gasteiger partial charge < -0.3 is 20.3 Å². The van der Waals surface area contributed by atoms with Crippen molar-refractivity contribution in [2.45, 2.75) is 50.5 Å². The summed E-state index contributed by atoms with van der Waals surface area (Å²) >= 11 is 0. The average Bonchev–Trinajstić information content (AvgIpc) is 3.09. The van der Waals surface area contributed by atoms with Crippen LogP contribution in [0.2, 0.25) is 0 Å². The third-order valence-electron chi connectivity index (χ3n) is 6.37. The topological polar surface area (TPSA) is 87.7 Å². The van der Waals surface area contributed by atoms with Crippen LogP contribution in [-0.4, -0.2) is 54.4 Å². The minimum Gasteiger partial charge on any atom is -0.485 e. The molecule has 1 aromatic carbocycles. The van der Waals surface area contributed by atoms with Crippen molar-refractivity contribution < 1.29 is 19.1 Å². The molecule has 1 saturated carbocycles. The summed E-state index contributed by atoms with van der Waals surface area (Å²) in [7, 11) is 0. The van der Waals surface area contributed by atoms with Crippen LogP contribution in [0.3, 0.4) is 0 Å². The van der Waals surface area contributed by atoms with E-state index >= 15 is 0 Å². The Morgan fingerprint density at radius 3 is 2.79 bits per heavy atom. The summed E-state index contributed by atoms with van der Waals surface area (Å²) in [5.74, 6) is 0.819. The number of carbonyl (C=O) groups is 3. The van der Waals surface area contributed by atoms with Crippen LogP contribution in [0.5, 0.6) is 5.75 Å². The monoisotopic (exact) mass is 399 g/mol. The molecule has 0 aromatic heterocycles. The highest BCUT2D eigenvalue weighted by Crippen LogP contribution is 2.38. The molecule has 156 valence electrons. The Morgan fingerprint density at radius 2 is 2.03 bits per heavy atom. The van der Waals surface area contributed by atoms with Crippen molar-refractivity contribution in [2.75, 3.05) is 26.2 Å². The van der Waals surface area contributed by atoms with Gasteiger partial charge in [0.1, 0.15) is 11.4 Å². The standard InChI is InChI=1S/C22H29N3O4/c26-19-7-3-13-25(19)14-4-12-23-20(27)16-8-10-22(11-9-16)15-24-21(28)17-5-1-2-6-18(17)29-22/h1-2,5-6,16H,3-4,7-15H2,(H,23,27)(H,24,28). The molecule has 0 radical (unpaired) electrons. The largest absolute Gasteiger partial charge is 0.485 e. The van der Waals surface area contributed by atoms with Crippen molar-refractivity contribution in [2.24, 2.45) is 5.92 Å². The van der Waals surface area contributed by atoms with Gasteiger partial charge in [-0.3, -0.25) is 14.4 Å². The maximum atomic E-state index is 12.5. The number of hydrogen-bond donors (Lipinski definition) is 2. The van der Waals surface area contributed by atoms with Crippen molar-refractivity contribution in [1.29, 1.82) is 0 Å². The number of hydrogen-bond acceptors (Lipinski definition) is 4. The Kier molecular flexibility index (Phi) is 5.74. The van der Waals surface area contributed by atoms with E-state index in [-0.39, 0.29) is 23.6 Å². The summed E-state index contributed by atoms with van der Waals surface area (Å²) in [6.45, 7) is 2.64. The number of rotatable bonds is 5. The number of fused-ring (bicyclic) bond motifs is 1. The number of para-hydroxylation sites is 1. The zero-order valence-corrected chi connectivity index (χ0v) is 16.7. The number of amides is 3. The molecule has 2 fully saturated rings. The van der Waals surface area contributed by atoms with E-state index in [9.17, 15) is 14.4 Å². The van der Waals surface area contributed by atoms with Gasteiger partial charge in [-0.05, 0) is 50.7 Å². The second-order valence-electron chi connectivity index (χ2n) is 8.37. The molecule has 2 aliphatic heterocycles. The van der Waals surface area contributed by atoms with Crippen molar-refractivity contribution in [1.82, 2.24) is 15.5 Å². The van der Waals surface area contributed by atoms with Gasteiger partial charge >= 0.3 is 0 Å². The van der Waals surface area contributed by atoms with Crippen LogP contribution in [0.25, 0.3) is 0 Å². The maximum absolute atomic E-state index is 12.5. The van der Waals surface area contributed by atoms with E-state index in [1.807, 2.05) is 23.1 Å². The molecular weight excluding hydrogens is 370 g/mol. The molecule has 1 spiro atoms. The zero-order chi connectivity index (χ0) is 20.3. The highest BCUT2D eigenvalue weighted by molar-refractivity contribution is 5.97. The van der Waals surface area contributed by atoms with Crippen LogP contribution < -0.4 is 15.4 Å². The lowest BCUT2D eigenvalue weighted by Gasteiger charge is -2.39. The van der Waals surface area contributed by atoms with E-state index in [0.29, 0.717) is 30.8 Å². The smallest absolute Gasteiger partial charge is 0.255 e. The summed E-state index contributed by atoms with van der Waals surface area (Å²) < 4.78 is 6.30. The summed E-state index contributed by atoms with van der Waals surface area (Å²) in [6.07, 6.45) is 5.36. The van der Waals surface area contributed by atoms with Gasteiger partial charge in [0.2, 0.25) is 11.8 Å². The van der Waals surface area contributed by atoms with Gasteiger partial charge in [0.15, 0.2) is 0 Å². The molecule has 3 amide bonds. The zero-order valence-electron chi connectivity index (χ0n) is 16.7. The summed E-state index contributed by atoms with van der Waals surface area (Å²) in [4.78, 5) is 38.3. The third kappa shape index (κ3) is 4.38. The van der Waals surface area contributed by atoms with Crippen LogP contribution in [0, 0.1) is 5.92 Å². The van der Waals surface area contributed by atoms with Gasteiger partial charge in [0.05, 0.1) is 12.1 Å². The fraction of sp³-hybridized carbons (Fsp3) is 0.591. The molecule has 1 aromatic rings. The van der Waals surface area contributed by atoms with Crippen LogP contribution in [-0.2, 0) is 9.59 Å². The fourth-order valence-corrected chi connectivity index (χ4v) is 4.60. The van der Waals surface area contributed by atoms with Crippen LogP contribution in [0.4, 0.5) is 0 Å². The second kappa shape index (κ2) is 8.43. The number of benzene rings is 1. The number of nitrogens with one attached hydrogen (secondary N) is 2.